The number of nitrogens with one attached hydrogen (secondary N) is 1. The Morgan fingerprint density at radius 1 is 1.17 bits per heavy atom. The molecule has 0 unspecified atom stereocenters. The molecule has 0 bridgehead atoms. The Balaban J connectivity index is 2.33. The van der Waals surface area contributed by atoms with E-state index >= 15 is 0 Å². The number of hydrogen-bond donors (Lipinski definition) is 1. The van der Waals surface area contributed by atoms with Crippen molar-refractivity contribution in [3.05, 3.63) is 47.8 Å². The van der Waals surface area contributed by atoms with Gasteiger partial charge in [-0.25, -0.2) is 9.97 Å². The Hall–Kier alpha value is -2.43. The molecule has 23 heavy (non-hydrogen) atoms. The van der Waals surface area contributed by atoms with E-state index in [1.54, 1.807) is 11.1 Å². The van der Waals surface area contributed by atoms with Gasteiger partial charge in [-0.05, 0) is 31.9 Å². The van der Waals surface area contributed by atoms with Crippen molar-refractivity contribution in [2.45, 2.75) is 33.6 Å². The third-order valence-electron chi connectivity index (χ3n) is 3.68. The van der Waals surface area contributed by atoms with Crippen LogP contribution >= 0.6 is 0 Å². The molecule has 1 heterocycles. The molecule has 0 aliphatic rings. The monoisotopic (exact) mass is 312 g/mol. The minimum absolute atomic E-state index is 0.00930. The second kappa shape index (κ2) is 7.72. The maximum atomic E-state index is 12.6. The van der Waals surface area contributed by atoms with Gasteiger partial charge < -0.3 is 10.2 Å². The Labute approximate surface area is 137 Å². The van der Waals surface area contributed by atoms with Crippen LogP contribution in [0.3, 0.4) is 0 Å². The largest absolute Gasteiger partial charge is 0.339 e. The van der Waals surface area contributed by atoms with Crippen molar-refractivity contribution in [2.75, 3.05) is 18.4 Å². The summed E-state index contributed by atoms with van der Waals surface area (Å²) in [4.78, 5) is 23.3. The zero-order valence-electron chi connectivity index (χ0n) is 14.2. The van der Waals surface area contributed by atoms with Crippen molar-refractivity contribution in [3.8, 4) is 0 Å². The number of amides is 1. The van der Waals surface area contributed by atoms with Gasteiger partial charge in [-0.3, -0.25) is 4.79 Å². The van der Waals surface area contributed by atoms with Crippen molar-refractivity contribution in [2.24, 2.45) is 0 Å². The summed E-state index contributed by atoms with van der Waals surface area (Å²) >= 11 is 0. The van der Waals surface area contributed by atoms with Gasteiger partial charge in [0.25, 0.3) is 5.91 Å². The Bertz CT molecular complexity index is 651. The number of carbonyl (C=O) groups excluding carboxylic acids is 1. The molecule has 5 nitrogen and oxygen atoms in total. The molecule has 0 radical (unpaired) electrons. The smallest absolute Gasteiger partial charge is 0.257 e. The fraction of sp³-hybridized carbons (Fsp3) is 0.389. The summed E-state index contributed by atoms with van der Waals surface area (Å²) in [6, 6.07) is 9.76. The molecule has 1 aromatic carbocycles. The van der Waals surface area contributed by atoms with Gasteiger partial charge >= 0.3 is 0 Å². The molecule has 0 fully saturated rings. The van der Waals surface area contributed by atoms with Crippen molar-refractivity contribution in [1.82, 2.24) is 14.9 Å². The quantitative estimate of drug-likeness (QED) is 0.881. The first-order valence-electron chi connectivity index (χ1n) is 8.05. The van der Waals surface area contributed by atoms with Crippen molar-refractivity contribution in [1.29, 1.82) is 0 Å². The molecular formula is C18H24N4O. The summed E-state index contributed by atoms with van der Waals surface area (Å²) in [5.74, 6) is 0.643. The van der Waals surface area contributed by atoms with Crippen LogP contribution in [0.2, 0.25) is 0 Å². The van der Waals surface area contributed by atoms with Crippen molar-refractivity contribution >= 4 is 17.5 Å². The van der Waals surface area contributed by atoms with Crippen LogP contribution in [0.5, 0.6) is 0 Å². The van der Waals surface area contributed by atoms with Gasteiger partial charge in [-0.15, -0.1) is 0 Å². The summed E-state index contributed by atoms with van der Waals surface area (Å²) in [6.45, 7) is 9.38. The fourth-order valence-corrected chi connectivity index (χ4v) is 2.39. The van der Waals surface area contributed by atoms with Crippen LogP contribution in [-0.2, 0) is 0 Å². The molecule has 1 N–H and O–H groups in total. The maximum absolute atomic E-state index is 12.6. The standard InChI is InChI=1S/C18H24N4O/c1-5-22(6-2)17(23)15-12-19-18(21-16(15)13(3)4)20-14-10-8-7-9-11-14/h7-13H,5-6H2,1-4H3,(H,19,20,21). The van der Waals surface area contributed by atoms with E-state index in [4.69, 9.17) is 0 Å². The second-order valence-corrected chi connectivity index (χ2v) is 5.62. The first-order valence-corrected chi connectivity index (χ1v) is 8.05. The average Bonchev–Trinajstić information content (AvgIpc) is 2.56. The third kappa shape index (κ3) is 4.06. The molecular weight excluding hydrogens is 288 g/mol. The van der Waals surface area contributed by atoms with E-state index in [2.05, 4.69) is 15.3 Å². The third-order valence-corrected chi connectivity index (χ3v) is 3.68. The number of aromatic nitrogens is 2. The highest BCUT2D eigenvalue weighted by atomic mass is 16.2. The normalized spacial score (nSPS) is 10.7. The van der Waals surface area contributed by atoms with E-state index in [0.717, 1.165) is 11.4 Å². The van der Waals surface area contributed by atoms with Crippen LogP contribution < -0.4 is 5.32 Å². The van der Waals surface area contributed by atoms with Gasteiger partial charge in [0, 0.05) is 25.0 Å². The van der Waals surface area contributed by atoms with Crippen LogP contribution in [0.1, 0.15) is 49.7 Å². The molecule has 0 saturated heterocycles. The molecule has 0 aliphatic carbocycles. The lowest BCUT2D eigenvalue weighted by Gasteiger charge is -2.21. The zero-order chi connectivity index (χ0) is 16.8. The minimum Gasteiger partial charge on any atom is -0.339 e. The lowest BCUT2D eigenvalue weighted by atomic mass is 10.0. The van der Waals surface area contributed by atoms with Crippen LogP contribution in [-0.4, -0.2) is 33.9 Å². The molecule has 0 atom stereocenters. The molecule has 1 amide bonds. The van der Waals surface area contributed by atoms with Crippen molar-refractivity contribution in [3.63, 3.8) is 0 Å². The molecule has 122 valence electrons. The summed E-state index contributed by atoms with van der Waals surface area (Å²) in [6.07, 6.45) is 1.63. The molecule has 0 spiro atoms. The molecule has 0 aliphatic heterocycles. The predicted octanol–water partition coefficient (Wildman–Crippen LogP) is 3.83. The first-order chi connectivity index (χ1) is 11.1. The highest BCUT2D eigenvalue weighted by molar-refractivity contribution is 5.95. The zero-order valence-corrected chi connectivity index (χ0v) is 14.2. The van der Waals surface area contributed by atoms with Gasteiger partial charge in [0.05, 0.1) is 11.3 Å². The van der Waals surface area contributed by atoms with E-state index in [1.165, 1.54) is 0 Å². The fourth-order valence-electron chi connectivity index (χ4n) is 2.39. The summed E-state index contributed by atoms with van der Waals surface area (Å²) in [7, 11) is 0. The average molecular weight is 312 g/mol. The lowest BCUT2D eigenvalue weighted by molar-refractivity contribution is 0.0770. The first kappa shape index (κ1) is 16.9. The number of hydrogen-bond acceptors (Lipinski definition) is 4. The predicted molar refractivity (Wildman–Crippen MR) is 93.1 cm³/mol. The van der Waals surface area contributed by atoms with Gasteiger partial charge in [-0.1, -0.05) is 32.0 Å². The van der Waals surface area contributed by atoms with Gasteiger partial charge in [0.1, 0.15) is 0 Å². The Morgan fingerprint density at radius 2 is 1.83 bits per heavy atom. The number of nitrogens with zero attached hydrogens (tertiary/aromatic N) is 3. The van der Waals surface area contributed by atoms with Crippen LogP contribution in [0.25, 0.3) is 0 Å². The molecule has 5 heteroatoms. The summed E-state index contributed by atoms with van der Waals surface area (Å²) in [5, 5.41) is 3.18. The van der Waals surface area contributed by atoms with E-state index in [1.807, 2.05) is 58.0 Å². The number of rotatable bonds is 6. The lowest BCUT2D eigenvalue weighted by Crippen LogP contribution is -2.31. The van der Waals surface area contributed by atoms with Crippen LogP contribution in [0.4, 0.5) is 11.6 Å². The van der Waals surface area contributed by atoms with E-state index in [0.29, 0.717) is 24.6 Å². The number of carbonyl (C=O) groups is 1. The van der Waals surface area contributed by atoms with Crippen LogP contribution in [0, 0.1) is 0 Å². The summed E-state index contributed by atoms with van der Waals surface area (Å²) < 4.78 is 0. The topological polar surface area (TPSA) is 58.1 Å². The van der Waals surface area contributed by atoms with E-state index in [-0.39, 0.29) is 11.8 Å². The molecule has 2 rings (SSSR count). The molecule has 2 aromatic rings. The Kier molecular flexibility index (Phi) is 5.68. The van der Waals surface area contributed by atoms with Gasteiger partial charge in [-0.2, -0.15) is 0 Å². The van der Waals surface area contributed by atoms with Gasteiger partial charge in [0.2, 0.25) is 5.95 Å². The Morgan fingerprint density at radius 3 is 2.39 bits per heavy atom. The van der Waals surface area contributed by atoms with Gasteiger partial charge in [0.15, 0.2) is 0 Å². The highest BCUT2D eigenvalue weighted by Gasteiger charge is 2.20. The number of anilines is 2. The minimum atomic E-state index is -0.00930. The molecule has 0 saturated carbocycles. The SMILES string of the molecule is CCN(CC)C(=O)c1cnc(Nc2ccccc2)nc1C(C)C. The number of benzene rings is 1. The summed E-state index contributed by atoms with van der Waals surface area (Å²) in [5.41, 5.74) is 2.28. The van der Waals surface area contributed by atoms with Crippen LogP contribution in [0.15, 0.2) is 36.5 Å². The second-order valence-electron chi connectivity index (χ2n) is 5.62. The number of para-hydroxylation sites is 1. The highest BCUT2D eigenvalue weighted by Crippen LogP contribution is 2.21. The van der Waals surface area contributed by atoms with E-state index < -0.39 is 0 Å². The maximum Gasteiger partial charge on any atom is 0.257 e. The molecule has 1 aromatic heterocycles. The van der Waals surface area contributed by atoms with E-state index in [9.17, 15) is 4.79 Å². The van der Waals surface area contributed by atoms with Crippen molar-refractivity contribution < 1.29 is 4.79 Å².